The molecule has 0 saturated carbocycles. The van der Waals surface area contributed by atoms with Crippen LogP contribution in [0.1, 0.15) is 48.9 Å². The summed E-state index contributed by atoms with van der Waals surface area (Å²) in [6.45, 7) is 1.74. The van der Waals surface area contributed by atoms with Crippen molar-refractivity contribution in [3.8, 4) is 6.07 Å². The highest BCUT2D eigenvalue weighted by Crippen LogP contribution is 2.42. The fraction of sp³-hybridized carbons (Fsp3) is 0.261. The molecule has 0 saturated heterocycles. The molecule has 2 unspecified atom stereocenters. The van der Waals surface area contributed by atoms with E-state index in [-0.39, 0.29) is 23.5 Å². The van der Waals surface area contributed by atoms with Crippen LogP contribution >= 0.6 is 0 Å². The molecule has 0 spiro atoms. The lowest BCUT2D eigenvalue weighted by molar-refractivity contribution is -0.115. The summed E-state index contributed by atoms with van der Waals surface area (Å²) in [5.74, 6) is 0.132. The van der Waals surface area contributed by atoms with E-state index in [1.54, 1.807) is 25.1 Å². The van der Waals surface area contributed by atoms with E-state index in [0.717, 1.165) is 0 Å². The Morgan fingerprint density at radius 3 is 2.72 bits per heavy atom. The third kappa shape index (κ3) is 3.76. The van der Waals surface area contributed by atoms with Gasteiger partial charge in [-0.3, -0.25) is 9.69 Å². The highest BCUT2D eigenvalue weighted by Gasteiger charge is 2.42. The second-order valence-corrected chi connectivity index (χ2v) is 9.10. The molecule has 0 fully saturated rings. The smallest absolute Gasteiger partial charge is 0.327 e. The lowest BCUT2D eigenvalue weighted by atomic mass is 9.94. The normalized spacial score (nSPS) is 19.1. The van der Waals surface area contributed by atoms with Gasteiger partial charge >= 0.3 is 6.03 Å². The van der Waals surface area contributed by atoms with Crippen molar-refractivity contribution in [1.82, 2.24) is 5.32 Å². The quantitative estimate of drug-likeness (QED) is 0.671. The van der Waals surface area contributed by atoms with E-state index < -0.39 is 29.7 Å². The first-order valence-corrected chi connectivity index (χ1v) is 11.3. The van der Waals surface area contributed by atoms with Crippen LogP contribution in [-0.2, 0) is 16.0 Å². The van der Waals surface area contributed by atoms with Gasteiger partial charge in [0.2, 0.25) is 0 Å². The van der Waals surface area contributed by atoms with E-state index in [9.17, 15) is 28.2 Å². The monoisotopic (exact) mass is 455 g/mol. The van der Waals surface area contributed by atoms with Gasteiger partial charge in [0.15, 0.2) is 10.7 Å². The second kappa shape index (κ2) is 8.73. The summed E-state index contributed by atoms with van der Waals surface area (Å²) in [4.78, 5) is 27.6. The number of urea groups is 1. The molecule has 2 aliphatic rings. The zero-order valence-corrected chi connectivity index (χ0v) is 17.9. The minimum absolute atomic E-state index is 0.169. The molecular weight excluding hydrogens is 436 g/mol. The molecule has 4 rings (SSSR count). The van der Waals surface area contributed by atoms with Gasteiger partial charge in [0, 0.05) is 34.9 Å². The summed E-state index contributed by atoms with van der Waals surface area (Å²) in [6, 6.07) is 10.8. The molecule has 1 aliphatic carbocycles. The van der Waals surface area contributed by atoms with Crippen LogP contribution in [0.3, 0.4) is 0 Å². The Morgan fingerprint density at radius 2 is 2.03 bits per heavy atom. The molecular formula is C23H19F2N3O3S. The molecule has 0 bridgehead atoms. The molecule has 6 nitrogen and oxygen atoms in total. The van der Waals surface area contributed by atoms with Gasteiger partial charge in [0.05, 0.1) is 23.4 Å². The number of alkyl halides is 2. The van der Waals surface area contributed by atoms with E-state index in [4.69, 9.17) is 0 Å². The molecule has 32 heavy (non-hydrogen) atoms. The van der Waals surface area contributed by atoms with Crippen molar-refractivity contribution >= 4 is 28.7 Å². The van der Waals surface area contributed by atoms with Crippen LogP contribution in [0.2, 0.25) is 0 Å². The van der Waals surface area contributed by atoms with Crippen LogP contribution in [-0.4, -0.2) is 22.1 Å². The largest absolute Gasteiger partial charge is 0.611 e. The summed E-state index contributed by atoms with van der Waals surface area (Å²) in [6.07, 6.45) is -2.22. The van der Waals surface area contributed by atoms with Gasteiger partial charge in [0.1, 0.15) is 5.75 Å². The summed E-state index contributed by atoms with van der Waals surface area (Å²) >= 11 is -1.43. The number of amides is 2. The number of carbonyl (C=O) groups is 2. The van der Waals surface area contributed by atoms with Crippen LogP contribution in [0.4, 0.5) is 19.3 Å². The van der Waals surface area contributed by atoms with Crippen molar-refractivity contribution in [2.24, 2.45) is 0 Å². The maximum absolute atomic E-state index is 13.2. The molecule has 2 aromatic rings. The predicted molar refractivity (Wildman–Crippen MR) is 115 cm³/mol. The summed E-state index contributed by atoms with van der Waals surface area (Å²) in [5, 5.41) is 12.0. The van der Waals surface area contributed by atoms with Crippen molar-refractivity contribution in [3.05, 3.63) is 70.4 Å². The molecule has 1 heterocycles. The van der Waals surface area contributed by atoms with Gasteiger partial charge in [-0.1, -0.05) is 18.2 Å². The molecule has 0 radical (unpaired) electrons. The van der Waals surface area contributed by atoms with Crippen LogP contribution in [0.5, 0.6) is 0 Å². The Bertz CT molecular complexity index is 1180. The van der Waals surface area contributed by atoms with Gasteiger partial charge in [-0.05, 0) is 42.7 Å². The van der Waals surface area contributed by atoms with E-state index in [1.807, 2.05) is 6.07 Å². The lowest BCUT2D eigenvalue weighted by Crippen LogP contribution is -2.47. The highest BCUT2D eigenvalue weighted by atomic mass is 32.2. The summed E-state index contributed by atoms with van der Waals surface area (Å²) in [7, 11) is 0. The number of anilines is 1. The molecule has 2 atom stereocenters. The first-order valence-electron chi connectivity index (χ1n) is 10.0. The number of hydrogen-bond donors (Lipinski definition) is 1. The Kier molecular flexibility index (Phi) is 6.00. The van der Waals surface area contributed by atoms with E-state index in [2.05, 4.69) is 5.32 Å². The number of hydrogen-bond acceptors (Lipinski definition) is 4. The van der Waals surface area contributed by atoms with Gasteiger partial charge in [-0.15, -0.1) is 0 Å². The number of nitriles is 1. The maximum atomic E-state index is 13.2. The molecule has 0 aromatic heterocycles. The van der Waals surface area contributed by atoms with Crippen molar-refractivity contribution in [2.45, 2.75) is 37.1 Å². The fourth-order valence-corrected chi connectivity index (χ4v) is 5.12. The zero-order valence-electron chi connectivity index (χ0n) is 17.1. The zero-order chi connectivity index (χ0) is 23.0. The summed E-state index contributed by atoms with van der Waals surface area (Å²) in [5.41, 5.74) is 1.64. The first kappa shape index (κ1) is 22.0. The SMILES string of the molecule is CC[S+]([O-])c1cc(C#N)ccc1C1NC(=O)N(c2cccc(C(F)F)c2)C2=C1C(=O)CC2. The van der Waals surface area contributed by atoms with Crippen LogP contribution in [0.25, 0.3) is 0 Å². The Labute approximate surface area is 186 Å². The number of rotatable bonds is 5. The molecule has 2 amide bonds. The topological polar surface area (TPSA) is 96.3 Å². The molecule has 1 N–H and O–H groups in total. The number of carbonyl (C=O) groups excluding carboxylic acids is 2. The van der Waals surface area contributed by atoms with E-state index in [1.165, 1.54) is 29.2 Å². The fourth-order valence-electron chi connectivity index (χ4n) is 4.11. The van der Waals surface area contributed by atoms with E-state index in [0.29, 0.717) is 39.5 Å². The minimum atomic E-state index is -2.69. The number of nitrogens with one attached hydrogen (secondary N) is 1. The van der Waals surface area contributed by atoms with Crippen LogP contribution < -0.4 is 10.2 Å². The maximum Gasteiger partial charge on any atom is 0.327 e. The number of Topliss-reactive ketones (excluding diaryl/α,β-unsaturated/α-hetero) is 1. The molecule has 164 valence electrons. The summed E-state index contributed by atoms with van der Waals surface area (Å²) < 4.78 is 39.1. The minimum Gasteiger partial charge on any atom is -0.611 e. The highest BCUT2D eigenvalue weighted by molar-refractivity contribution is 7.91. The Hall–Kier alpha value is -3.22. The average Bonchev–Trinajstić information content (AvgIpc) is 3.18. The van der Waals surface area contributed by atoms with Crippen LogP contribution in [0.15, 0.2) is 58.6 Å². The first-order chi connectivity index (χ1) is 15.3. The number of nitrogens with zero attached hydrogens (tertiary/aromatic N) is 2. The number of benzene rings is 2. The number of halogens is 2. The Balaban J connectivity index is 1.85. The third-order valence-corrected chi connectivity index (χ3v) is 6.94. The number of allylic oxidation sites excluding steroid dienone is 1. The molecule has 2 aromatic carbocycles. The molecule has 9 heteroatoms. The number of ketones is 1. The van der Waals surface area contributed by atoms with Crippen molar-refractivity contribution in [2.75, 3.05) is 10.7 Å². The van der Waals surface area contributed by atoms with Crippen molar-refractivity contribution in [3.63, 3.8) is 0 Å². The van der Waals surface area contributed by atoms with Crippen molar-refractivity contribution in [1.29, 1.82) is 5.26 Å². The van der Waals surface area contributed by atoms with Crippen LogP contribution in [0, 0.1) is 11.3 Å². The Morgan fingerprint density at radius 1 is 1.25 bits per heavy atom. The van der Waals surface area contributed by atoms with Gasteiger partial charge in [0.25, 0.3) is 6.43 Å². The third-order valence-electron chi connectivity index (χ3n) is 5.57. The van der Waals surface area contributed by atoms with Gasteiger partial charge < -0.3 is 9.87 Å². The van der Waals surface area contributed by atoms with Crippen molar-refractivity contribution < 1.29 is 22.9 Å². The van der Waals surface area contributed by atoms with E-state index >= 15 is 0 Å². The second-order valence-electron chi connectivity index (χ2n) is 7.40. The van der Waals surface area contributed by atoms with Gasteiger partial charge in [-0.2, -0.15) is 5.26 Å². The standard InChI is InChI=1S/C23H19F2N3O3S/c1-2-32(31)19-10-13(12-26)6-7-16(19)21-20-17(8-9-18(20)29)28(23(30)27-21)15-5-3-4-14(11-15)22(24)25/h3-7,10-11,21-22H,2,8-9H2,1H3,(H,27,30). The lowest BCUT2D eigenvalue weighted by Gasteiger charge is -2.35. The predicted octanol–water partition coefficient (Wildman–Crippen LogP) is 4.51. The average molecular weight is 455 g/mol. The molecule has 1 aliphatic heterocycles. The van der Waals surface area contributed by atoms with Gasteiger partial charge in [-0.25, -0.2) is 13.6 Å².